The molecule has 2 N–H and O–H groups in total. The number of ether oxygens (including phenoxy) is 1. The van der Waals surface area contributed by atoms with E-state index >= 15 is 0 Å². The summed E-state index contributed by atoms with van der Waals surface area (Å²) < 4.78 is 7.43. The molecule has 1 atom stereocenters. The topological polar surface area (TPSA) is 78.8 Å². The Balaban J connectivity index is 2.43. The lowest BCUT2D eigenvalue weighted by Crippen LogP contribution is -2.23. The third-order valence-electron chi connectivity index (χ3n) is 3.69. The first-order valence-electron chi connectivity index (χ1n) is 7.27. The first-order valence-corrected chi connectivity index (χ1v) is 7.27. The highest BCUT2D eigenvalue weighted by Gasteiger charge is 2.22. The van der Waals surface area contributed by atoms with Crippen molar-refractivity contribution in [3.63, 3.8) is 0 Å². The lowest BCUT2D eigenvalue weighted by molar-refractivity contribution is 0.0913. The minimum Gasteiger partial charge on any atom is -0.398 e. The van der Waals surface area contributed by atoms with Gasteiger partial charge in [0.1, 0.15) is 0 Å². The first-order chi connectivity index (χ1) is 10.1. The fourth-order valence-electron chi connectivity index (χ4n) is 2.27. The normalized spacial score (nSPS) is 12.8. The van der Waals surface area contributed by atoms with E-state index < -0.39 is 0 Å². The number of nitrogens with zero attached hydrogens (tertiary/aromatic N) is 4. The average Bonchev–Trinajstić information content (AvgIpc) is 2.91. The molecular weight excluding hydrogens is 266 g/mol. The van der Waals surface area contributed by atoms with Crippen molar-refractivity contribution in [1.82, 2.24) is 20.2 Å². The summed E-state index contributed by atoms with van der Waals surface area (Å²) in [6, 6.07) is 5.89. The number of aromatic nitrogens is 4. The second-order valence-corrected chi connectivity index (χ2v) is 5.44. The van der Waals surface area contributed by atoms with E-state index in [1.54, 1.807) is 0 Å². The molecule has 1 heterocycles. The Kier molecular flexibility index (Phi) is 4.90. The quantitative estimate of drug-likeness (QED) is 0.826. The lowest BCUT2D eigenvalue weighted by Gasteiger charge is -2.22. The van der Waals surface area contributed by atoms with Crippen molar-refractivity contribution in [2.24, 2.45) is 5.92 Å². The van der Waals surface area contributed by atoms with Crippen LogP contribution in [0.2, 0.25) is 0 Å². The van der Waals surface area contributed by atoms with E-state index in [1.807, 2.05) is 36.7 Å². The van der Waals surface area contributed by atoms with Crippen LogP contribution in [0.4, 0.5) is 5.69 Å². The molecule has 0 saturated carbocycles. The summed E-state index contributed by atoms with van der Waals surface area (Å²) >= 11 is 0. The van der Waals surface area contributed by atoms with Crippen LogP contribution in [0.25, 0.3) is 11.4 Å². The van der Waals surface area contributed by atoms with E-state index in [9.17, 15) is 0 Å². The van der Waals surface area contributed by atoms with Crippen LogP contribution in [0.15, 0.2) is 18.2 Å². The molecule has 0 bridgehead atoms. The Morgan fingerprint density at radius 2 is 2.10 bits per heavy atom. The molecular formula is C15H23N5O. The fourth-order valence-corrected chi connectivity index (χ4v) is 2.27. The van der Waals surface area contributed by atoms with Gasteiger partial charge in [-0.05, 0) is 41.8 Å². The zero-order valence-electron chi connectivity index (χ0n) is 13.1. The van der Waals surface area contributed by atoms with Crippen LogP contribution in [-0.4, -0.2) is 33.4 Å². The van der Waals surface area contributed by atoms with Gasteiger partial charge in [-0.3, -0.25) is 0 Å². The van der Waals surface area contributed by atoms with Crippen molar-refractivity contribution >= 4 is 5.69 Å². The molecule has 2 aromatic rings. The SMILES string of the molecule is CCOCC(C(C)C)n1nnnc1-c1cccc(N)c1C. The summed E-state index contributed by atoms with van der Waals surface area (Å²) in [6.45, 7) is 9.52. The van der Waals surface area contributed by atoms with E-state index in [1.165, 1.54) is 0 Å². The molecule has 1 aromatic carbocycles. The number of nitrogen functional groups attached to an aromatic ring is 1. The average molecular weight is 289 g/mol. The highest BCUT2D eigenvalue weighted by Crippen LogP contribution is 2.28. The fraction of sp³-hybridized carbons (Fsp3) is 0.533. The minimum atomic E-state index is 0.0933. The van der Waals surface area contributed by atoms with Crippen molar-refractivity contribution in [1.29, 1.82) is 0 Å². The monoisotopic (exact) mass is 289 g/mol. The molecule has 1 aromatic heterocycles. The van der Waals surface area contributed by atoms with Gasteiger partial charge in [0.15, 0.2) is 5.82 Å². The molecule has 0 fully saturated rings. The van der Waals surface area contributed by atoms with Crippen LogP contribution in [0.5, 0.6) is 0 Å². The lowest BCUT2D eigenvalue weighted by atomic mass is 10.0. The van der Waals surface area contributed by atoms with E-state index in [-0.39, 0.29) is 6.04 Å². The molecule has 114 valence electrons. The van der Waals surface area contributed by atoms with Crippen LogP contribution < -0.4 is 5.73 Å². The van der Waals surface area contributed by atoms with E-state index in [2.05, 4.69) is 29.4 Å². The molecule has 6 heteroatoms. The standard InChI is InChI=1S/C15H23N5O/c1-5-21-9-14(10(2)3)20-15(17-18-19-20)12-7-6-8-13(16)11(12)4/h6-8,10,14H,5,9,16H2,1-4H3. The predicted octanol–water partition coefficient (Wildman–Crippen LogP) is 2.46. The second kappa shape index (κ2) is 6.67. The summed E-state index contributed by atoms with van der Waals surface area (Å²) in [4.78, 5) is 0. The molecule has 0 aliphatic heterocycles. The second-order valence-electron chi connectivity index (χ2n) is 5.44. The molecule has 6 nitrogen and oxygen atoms in total. The van der Waals surface area contributed by atoms with Gasteiger partial charge in [-0.2, -0.15) is 0 Å². The zero-order valence-corrected chi connectivity index (χ0v) is 13.1. The molecule has 0 saturated heterocycles. The molecule has 1 unspecified atom stereocenters. The van der Waals surface area contributed by atoms with Gasteiger partial charge in [-0.15, -0.1) is 5.10 Å². The number of rotatable bonds is 6. The van der Waals surface area contributed by atoms with Gasteiger partial charge in [0.2, 0.25) is 0 Å². The van der Waals surface area contributed by atoms with Crippen LogP contribution >= 0.6 is 0 Å². The van der Waals surface area contributed by atoms with Crippen molar-refractivity contribution in [2.45, 2.75) is 33.7 Å². The molecule has 0 aliphatic carbocycles. The summed E-state index contributed by atoms with van der Waals surface area (Å²) in [6.07, 6.45) is 0. The summed E-state index contributed by atoms with van der Waals surface area (Å²) in [5.41, 5.74) is 8.69. The molecule has 21 heavy (non-hydrogen) atoms. The first kappa shape index (κ1) is 15.4. The maximum Gasteiger partial charge on any atom is 0.182 e. The molecule has 2 rings (SSSR count). The third kappa shape index (κ3) is 3.21. The molecule has 0 aliphatic rings. The maximum absolute atomic E-state index is 5.99. The van der Waals surface area contributed by atoms with Gasteiger partial charge in [-0.25, -0.2) is 4.68 Å². The number of hydrogen-bond donors (Lipinski definition) is 1. The number of tetrazole rings is 1. The van der Waals surface area contributed by atoms with Crippen LogP contribution in [-0.2, 0) is 4.74 Å². The Hall–Kier alpha value is -1.95. The van der Waals surface area contributed by atoms with E-state index in [0.717, 1.165) is 22.6 Å². The number of anilines is 1. The Morgan fingerprint density at radius 3 is 2.76 bits per heavy atom. The van der Waals surface area contributed by atoms with Gasteiger partial charge in [0.25, 0.3) is 0 Å². The minimum absolute atomic E-state index is 0.0933. The van der Waals surface area contributed by atoms with Crippen molar-refractivity contribution in [3.8, 4) is 11.4 Å². The van der Waals surface area contributed by atoms with Crippen LogP contribution in [0, 0.1) is 12.8 Å². The summed E-state index contributed by atoms with van der Waals surface area (Å²) in [5, 5.41) is 12.2. The molecule has 0 spiro atoms. The van der Waals surface area contributed by atoms with Crippen molar-refractivity contribution in [2.75, 3.05) is 18.9 Å². The number of benzene rings is 1. The summed E-state index contributed by atoms with van der Waals surface area (Å²) in [5.74, 6) is 1.10. The number of hydrogen-bond acceptors (Lipinski definition) is 5. The predicted molar refractivity (Wildman–Crippen MR) is 82.8 cm³/mol. The van der Waals surface area contributed by atoms with Crippen molar-refractivity contribution < 1.29 is 4.74 Å². The van der Waals surface area contributed by atoms with Crippen molar-refractivity contribution in [3.05, 3.63) is 23.8 Å². The van der Waals surface area contributed by atoms with Gasteiger partial charge < -0.3 is 10.5 Å². The van der Waals surface area contributed by atoms with Crippen LogP contribution in [0.3, 0.4) is 0 Å². The maximum atomic E-state index is 5.99. The molecule has 0 amide bonds. The smallest absolute Gasteiger partial charge is 0.182 e. The highest BCUT2D eigenvalue weighted by molar-refractivity contribution is 5.67. The Morgan fingerprint density at radius 1 is 1.33 bits per heavy atom. The zero-order chi connectivity index (χ0) is 15.4. The van der Waals surface area contributed by atoms with Gasteiger partial charge in [0.05, 0.1) is 12.6 Å². The summed E-state index contributed by atoms with van der Waals surface area (Å²) in [7, 11) is 0. The third-order valence-corrected chi connectivity index (χ3v) is 3.69. The van der Waals surface area contributed by atoms with E-state index in [0.29, 0.717) is 19.1 Å². The molecule has 0 radical (unpaired) electrons. The van der Waals surface area contributed by atoms with Crippen LogP contribution in [0.1, 0.15) is 32.4 Å². The van der Waals surface area contributed by atoms with Gasteiger partial charge in [-0.1, -0.05) is 26.0 Å². The Labute approximate surface area is 125 Å². The Bertz CT molecular complexity index is 593. The van der Waals surface area contributed by atoms with Gasteiger partial charge in [0, 0.05) is 17.9 Å². The van der Waals surface area contributed by atoms with Gasteiger partial charge >= 0.3 is 0 Å². The highest BCUT2D eigenvalue weighted by atomic mass is 16.5. The largest absolute Gasteiger partial charge is 0.398 e. The number of nitrogens with two attached hydrogens (primary N) is 1. The van der Waals surface area contributed by atoms with E-state index in [4.69, 9.17) is 10.5 Å².